The maximum absolute atomic E-state index is 14.7. The number of unbranched alkanes of at least 4 members (excludes halogenated alkanes) is 8. The van der Waals surface area contributed by atoms with Gasteiger partial charge in [0.2, 0.25) is 5.88 Å². The van der Waals surface area contributed by atoms with Crippen molar-refractivity contribution in [2.75, 3.05) is 39.7 Å². The van der Waals surface area contributed by atoms with Gasteiger partial charge in [0.1, 0.15) is 0 Å². The van der Waals surface area contributed by atoms with E-state index < -0.39 is 30.5 Å². The van der Waals surface area contributed by atoms with Gasteiger partial charge in [-0.2, -0.15) is 0 Å². The monoisotopic (exact) mass is 1860 g/mol. The number of imide groups is 1. The molecular formula is C115H84Cl4N8O9. The summed E-state index contributed by atoms with van der Waals surface area (Å²) in [6.07, 6.45) is 12.9. The first-order valence-corrected chi connectivity index (χ1v) is 47.9. The Labute approximate surface area is 798 Å². The van der Waals surface area contributed by atoms with Crippen LogP contribution in [0, 0.1) is 0 Å². The van der Waals surface area contributed by atoms with Crippen molar-refractivity contribution in [3.8, 4) is 5.88 Å². The highest BCUT2D eigenvalue weighted by molar-refractivity contribution is 6.56. The molecule has 0 radical (unpaired) electrons. The summed E-state index contributed by atoms with van der Waals surface area (Å²) in [5.41, 5.74) is 13.6. The number of nitrogens with zero attached hydrogens (tertiary/aromatic N) is 7. The van der Waals surface area contributed by atoms with Gasteiger partial charge in [-0.3, -0.25) is 23.7 Å². The van der Waals surface area contributed by atoms with Gasteiger partial charge < -0.3 is 39.2 Å². The van der Waals surface area contributed by atoms with Crippen LogP contribution in [0.4, 0.5) is 45.5 Å². The largest absolute Gasteiger partial charge is 0.494 e. The van der Waals surface area contributed by atoms with Crippen LogP contribution in [-0.2, 0) is 14.3 Å². The van der Waals surface area contributed by atoms with Gasteiger partial charge in [-0.1, -0.05) is 258 Å². The molecule has 0 unspecified atom stereocenters. The van der Waals surface area contributed by atoms with Crippen LogP contribution < -0.4 is 25.2 Å². The number of pyridine rings is 1. The number of carbonyl (C=O) groups is 5. The van der Waals surface area contributed by atoms with Gasteiger partial charge in [-0.05, 0) is 200 Å². The van der Waals surface area contributed by atoms with E-state index in [0.29, 0.717) is 115 Å². The van der Waals surface area contributed by atoms with Gasteiger partial charge in [-0.25, -0.2) is 19.5 Å². The Morgan fingerprint density at radius 1 is 0.360 bits per heavy atom. The minimum atomic E-state index is -0.589. The molecule has 2 N–H and O–H groups in total. The Bertz CT molecular complexity index is 8480. The van der Waals surface area contributed by atoms with Gasteiger partial charge in [-0.15, -0.1) is 0 Å². The Morgan fingerprint density at radius 2 is 0.721 bits per heavy atom. The summed E-state index contributed by atoms with van der Waals surface area (Å²) in [4.78, 5) is 96.8. The van der Waals surface area contributed by atoms with E-state index in [1.54, 1.807) is 41.0 Å². The minimum absolute atomic E-state index is 0.0585. The van der Waals surface area contributed by atoms with Crippen molar-refractivity contribution in [2.24, 2.45) is 0 Å². The molecule has 0 fully saturated rings. The molecule has 2 aromatic heterocycles. The van der Waals surface area contributed by atoms with Crippen LogP contribution >= 0.6 is 46.4 Å². The van der Waals surface area contributed by atoms with E-state index in [1.165, 1.54) is 49.3 Å². The van der Waals surface area contributed by atoms with Crippen LogP contribution in [0.3, 0.4) is 0 Å². The number of cyclic esters (lactones) is 2. The van der Waals surface area contributed by atoms with Crippen molar-refractivity contribution in [3.63, 3.8) is 0 Å². The van der Waals surface area contributed by atoms with Crippen LogP contribution in [0.15, 0.2) is 272 Å². The van der Waals surface area contributed by atoms with Crippen LogP contribution in [0.2, 0.25) is 20.1 Å². The molecule has 0 saturated carbocycles. The molecule has 4 aliphatic rings. The van der Waals surface area contributed by atoms with E-state index in [-0.39, 0.29) is 24.0 Å². The number of rotatable bonds is 20. The second-order valence-corrected chi connectivity index (χ2v) is 37.7. The number of benzene rings is 20. The number of fused-ring (bicyclic) bond motifs is 7. The number of nitrogens with one attached hydrogen (secondary N) is 1. The molecule has 0 bridgehead atoms. The number of amides is 2. The number of hydrogen-bond acceptors (Lipinski definition) is 14. The van der Waals surface area contributed by atoms with Gasteiger partial charge in [0.25, 0.3) is 23.8 Å². The number of H-pyrrole nitrogens is 1. The van der Waals surface area contributed by atoms with Crippen molar-refractivity contribution in [3.05, 3.63) is 320 Å². The fourth-order valence-corrected chi connectivity index (χ4v) is 23.8. The molecule has 17 nitrogen and oxygen atoms in total. The normalized spacial score (nSPS) is 13.7. The van der Waals surface area contributed by atoms with E-state index in [1.807, 2.05) is 84.9 Å². The van der Waals surface area contributed by atoms with E-state index >= 15 is 0 Å². The highest BCUT2D eigenvalue weighted by atomic mass is 35.5. The zero-order valence-corrected chi connectivity index (χ0v) is 77.0. The molecule has 0 aliphatic carbocycles. The van der Waals surface area contributed by atoms with Crippen molar-refractivity contribution in [2.45, 2.75) is 96.9 Å². The lowest BCUT2D eigenvalue weighted by Gasteiger charge is -2.40. The third-order valence-electron chi connectivity index (χ3n) is 28.6. The predicted octanol–water partition coefficient (Wildman–Crippen LogP) is 30.7. The lowest BCUT2D eigenvalue weighted by atomic mass is 9.84. The van der Waals surface area contributed by atoms with Crippen molar-refractivity contribution in [1.82, 2.24) is 19.4 Å². The van der Waals surface area contributed by atoms with E-state index in [0.717, 1.165) is 181 Å². The molecule has 0 spiro atoms. The zero-order chi connectivity index (χ0) is 92.3. The number of esters is 2. The lowest BCUT2D eigenvalue weighted by Crippen LogP contribution is -2.41. The quantitative estimate of drug-likeness (QED) is 0.0139. The first kappa shape index (κ1) is 84.2. The summed E-state index contributed by atoms with van der Waals surface area (Å²) in [5.74, 6) is -2.18. The number of anilines is 8. The Morgan fingerprint density at radius 3 is 1.15 bits per heavy atom. The Hall–Kier alpha value is -14.9. The summed E-state index contributed by atoms with van der Waals surface area (Å²) in [6.45, 7) is 5.57. The summed E-state index contributed by atoms with van der Waals surface area (Å²) in [7, 11) is 0. The van der Waals surface area contributed by atoms with Crippen LogP contribution in [0.5, 0.6) is 5.88 Å². The maximum atomic E-state index is 14.7. The van der Waals surface area contributed by atoms with E-state index in [4.69, 9.17) is 60.9 Å². The van der Waals surface area contributed by atoms with Crippen LogP contribution in [0.1, 0.15) is 138 Å². The molecule has 0 saturated heterocycles. The molecule has 22 aromatic rings. The highest BCUT2D eigenvalue weighted by Gasteiger charge is 2.39. The molecule has 21 heteroatoms. The summed E-state index contributed by atoms with van der Waals surface area (Å²) >= 11 is 29.1. The van der Waals surface area contributed by atoms with Crippen molar-refractivity contribution in [1.29, 1.82) is 0 Å². The second kappa shape index (κ2) is 33.4. The summed E-state index contributed by atoms with van der Waals surface area (Å²) in [5, 5.41) is 36.6. The molecule has 2 amide bonds. The number of hydrogen-bond donors (Lipinski definition) is 2. The highest BCUT2D eigenvalue weighted by Crippen LogP contribution is 2.58. The number of aromatic amines is 1. The summed E-state index contributed by atoms with van der Waals surface area (Å²) in [6, 6.07) is 89.5. The second-order valence-electron chi connectivity index (χ2n) is 36.0. The van der Waals surface area contributed by atoms with Gasteiger partial charge >= 0.3 is 11.9 Å². The first-order chi connectivity index (χ1) is 66.6. The zero-order valence-electron chi connectivity index (χ0n) is 74.0. The van der Waals surface area contributed by atoms with Crippen molar-refractivity contribution >= 4 is 284 Å². The number of para-hydroxylation sites is 6. The maximum Gasteiger partial charge on any atom is 0.346 e. The third kappa shape index (κ3) is 13.0. The standard InChI is InChI=1S/C43H41Cl4N3O2.C37H23N3O4.C35H20N2O3/c1-3-5-7-9-11-15-23(16-12-10-8-6-4-2)50-42(51)24-19-26(44)35-37-28(46)21-32-39-33(49-31-18-14-13-17-30(31)48-32)22-29(47)38(41(37)39)36-27(45)20-25(43(50)52)34(24)40(35)36;41-21-44-20-40-36(42)28-13-11-24-26-15-17-30-35-31(18-16-27(33(26)35)25-12-14-29(37(40)43)34(28)32(24)25)39(23-9-5-2-6-10-23)19-38(30)22-7-3-1-4-8-22;38-34-26-13-11-22-24-15-17-28-33-29(37(21-9-5-2-6-10-21)19-36(28)20-7-3-1-4-8-20)18-16-25(31(24)33)23-12-14-27(35(39)40-34)32(26)30(22)23/h13-14,17-23,48,52H,3-12,15-16H2,1-2H3;1-18,21H,19-20H2;1-18H,19H2. The fraction of sp³-hybridized carbons (Fsp3) is 0.157. The molecule has 4 aliphatic heterocycles. The SMILES string of the molecule is CCCCCCCC(CCCCCCC)n1c(O)c2cc(Cl)c3c4c(Cl)cc5nc6ccccc6[nH]c6cc(Cl)c(c7c(Cl)cc(c1=O)c2c37)c4c56.O=C1OC(=O)c2ccc3c4ccc5c6c(ccc(c7ccc1c2c73)c64)N(c1ccccc1)CN5c1ccccc1.O=COCN1C(=O)c2ccc3c4ccc5c6c(ccc(c7ccc(c2c37)C1=O)c64)N(c1ccccc1)CN5c1ccccc1. The number of halogens is 4. The van der Waals surface area contributed by atoms with E-state index in [2.05, 4.69) is 184 Å². The van der Waals surface area contributed by atoms with Gasteiger partial charge in [0, 0.05) is 131 Å². The number of aromatic nitrogens is 3. The average Bonchev–Trinajstić information content (AvgIpc) is 0.905. The van der Waals surface area contributed by atoms with Crippen LogP contribution in [0.25, 0.3) is 162 Å². The Kier molecular flexibility index (Phi) is 20.6. The van der Waals surface area contributed by atoms with Crippen LogP contribution in [-0.4, -0.2) is 74.8 Å². The molecule has 136 heavy (non-hydrogen) atoms. The van der Waals surface area contributed by atoms with Gasteiger partial charge in [0.05, 0.1) is 84.7 Å². The topological polar surface area (TPSA) is 191 Å². The Balaban J connectivity index is 0.000000112. The third-order valence-corrected chi connectivity index (χ3v) is 29.8. The molecule has 666 valence electrons. The molecule has 26 rings (SSSR count). The van der Waals surface area contributed by atoms with Gasteiger partial charge in [0.15, 0.2) is 6.73 Å². The smallest absolute Gasteiger partial charge is 0.346 e. The minimum Gasteiger partial charge on any atom is -0.494 e. The lowest BCUT2D eigenvalue weighted by molar-refractivity contribution is -0.131. The number of carbonyl (C=O) groups excluding carboxylic acids is 5. The molecule has 0 atom stereocenters. The molecular weight excluding hydrogens is 1780 g/mol. The van der Waals surface area contributed by atoms with E-state index in [9.17, 15) is 33.9 Å². The van der Waals surface area contributed by atoms with Crippen molar-refractivity contribution < 1.29 is 38.6 Å². The fourth-order valence-electron chi connectivity index (χ4n) is 22.6. The number of aromatic hydroxyl groups is 1. The first-order valence-electron chi connectivity index (χ1n) is 46.4. The summed E-state index contributed by atoms with van der Waals surface area (Å²) < 4.78 is 11.5. The molecule has 20 aromatic carbocycles. The average molecular weight is 1860 g/mol. The molecule has 6 heterocycles. The number of ether oxygens (including phenoxy) is 2. The predicted molar refractivity (Wildman–Crippen MR) is 556 cm³/mol.